The van der Waals surface area contributed by atoms with Gasteiger partial charge in [-0.2, -0.15) is 10.4 Å². The fraction of sp³-hybridized carbons (Fsp3) is 0.443. The van der Waals surface area contributed by atoms with Crippen LogP contribution in [0, 0.1) is 23.7 Å². The second-order valence-electron chi connectivity index (χ2n) is 21.6. The number of amides is 5. The molecule has 20 nitrogen and oxygen atoms in total. The first-order valence-electron chi connectivity index (χ1n) is 27.9. The van der Waals surface area contributed by atoms with Crippen LogP contribution in [0.2, 0.25) is 0 Å². The number of urea groups is 1. The summed E-state index contributed by atoms with van der Waals surface area (Å²) in [6, 6.07) is 29.7. The van der Waals surface area contributed by atoms with Crippen molar-refractivity contribution in [2.45, 2.75) is 110 Å². The number of benzene rings is 3. The first-order chi connectivity index (χ1) is 39.7. The number of pyridine rings is 1. The zero-order valence-corrected chi connectivity index (χ0v) is 47.9. The lowest BCUT2D eigenvalue weighted by Gasteiger charge is -2.37. The molecule has 3 aromatic carbocycles. The highest BCUT2D eigenvalue weighted by Crippen LogP contribution is 2.32. The van der Waals surface area contributed by atoms with Crippen LogP contribution >= 0.6 is 11.3 Å². The summed E-state index contributed by atoms with van der Waals surface area (Å²) in [6.07, 6.45) is 7.93. The Kier molecular flexibility index (Phi) is 22.1. The first-order valence-corrected chi connectivity index (χ1v) is 28.8. The molecular formula is C61H75N11O9S. The predicted octanol–water partition coefficient (Wildman–Crippen LogP) is 7.26. The van der Waals surface area contributed by atoms with Crippen molar-refractivity contribution in [3.63, 3.8) is 0 Å². The summed E-state index contributed by atoms with van der Waals surface area (Å²) >= 11 is 1.57. The molecule has 1 aliphatic heterocycles. The average molecular weight is 1140 g/mol. The van der Waals surface area contributed by atoms with Crippen molar-refractivity contribution in [2.24, 2.45) is 5.41 Å². The molecule has 4 heterocycles. The van der Waals surface area contributed by atoms with Gasteiger partial charge in [0.25, 0.3) is 0 Å². The SMILES string of the molecule is Cc1ncsc1-c1ccc(CNC(=O)[C@@H]2C[C@@H](O)CN2C(=O)[C@@H](NC(=O)COCCOCCOCCOCCn2cc(-c3ccc(N(C(=O)NCc4ccccc4)C4CCC(Nc5ccc(C#N)cn5)CC4)cc3)cn2)C(C)(C)C)cc1. The van der Waals surface area contributed by atoms with Crippen molar-refractivity contribution in [3.8, 4) is 27.6 Å². The number of anilines is 2. The van der Waals surface area contributed by atoms with E-state index < -0.39 is 35.4 Å². The van der Waals surface area contributed by atoms with Crippen LogP contribution in [0.3, 0.4) is 0 Å². The van der Waals surface area contributed by atoms with Gasteiger partial charge in [-0.05, 0) is 84.5 Å². The number of carbonyl (C=O) groups is 4. The number of hydrogen-bond donors (Lipinski definition) is 5. The summed E-state index contributed by atoms with van der Waals surface area (Å²) < 4.78 is 24.5. The van der Waals surface area contributed by atoms with Crippen molar-refractivity contribution in [1.29, 1.82) is 5.26 Å². The van der Waals surface area contributed by atoms with Crippen LogP contribution in [0.15, 0.2) is 115 Å². The molecule has 2 aliphatic rings. The minimum Gasteiger partial charge on any atom is -0.391 e. The van der Waals surface area contributed by atoms with Gasteiger partial charge in [-0.15, -0.1) is 11.3 Å². The Bertz CT molecular complexity index is 3030. The first kappa shape index (κ1) is 60.5. The molecule has 0 bridgehead atoms. The van der Waals surface area contributed by atoms with E-state index >= 15 is 0 Å². The number of aliphatic hydroxyl groups excluding tert-OH is 1. The van der Waals surface area contributed by atoms with Crippen molar-refractivity contribution in [1.82, 2.24) is 40.6 Å². The fourth-order valence-corrected chi connectivity index (χ4v) is 10.8. The zero-order chi connectivity index (χ0) is 57.8. The summed E-state index contributed by atoms with van der Waals surface area (Å²) in [6.45, 7) is 10.6. The molecule has 0 radical (unpaired) electrons. The number of β-amino-alcohol motifs (C(OH)–C–C–N with tert-alkyl or cyclic N) is 1. The third kappa shape index (κ3) is 17.5. The number of ether oxygens (including phenoxy) is 4. The van der Waals surface area contributed by atoms with Crippen LogP contribution in [0.25, 0.3) is 21.6 Å². The van der Waals surface area contributed by atoms with Crippen LogP contribution in [-0.4, -0.2) is 143 Å². The van der Waals surface area contributed by atoms with E-state index in [0.29, 0.717) is 51.7 Å². The van der Waals surface area contributed by atoms with E-state index in [4.69, 9.17) is 24.2 Å². The highest BCUT2D eigenvalue weighted by molar-refractivity contribution is 7.13. The lowest BCUT2D eigenvalue weighted by molar-refractivity contribution is -0.144. The maximum absolute atomic E-state index is 14.0. The number of thiazole rings is 1. The van der Waals surface area contributed by atoms with Crippen LogP contribution in [-0.2, 0) is 53.0 Å². The maximum Gasteiger partial charge on any atom is 0.322 e. The molecule has 0 spiro atoms. The molecule has 2 fully saturated rings. The van der Waals surface area contributed by atoms with E-state index in [9.17, 15) is 24.3 Å². The highest BCUT2D eigenvalue weighted by Gasteiger charge is 2.44. The van der Waals surface area contributed by atoms with Gasteiger partial charge in [-0.1, -0.05) is 87.5 Å². The molecule has 1 saturated carbocycles. The number of carbonyl (C=O) groups excluding carboxylic acids is 4. The number of rotatable bonds is 27. The van der Waals surface area contributed by atoms with Crippen molar-refractivity contribution >= 4 is 46.6 Å². The number of aromatic nitrogens is 4. The van der Waals surface area contributed by atoms with Crippen LogP contribution in [0.1, 0.15) is 75.3 Å². The van der Waals surface area contributed by atoms with Gasteiger partial charge in [-0.25, -0.2) is 14.8 Å². The lowest BCUT2D eigenvalue weighted by atomic mass is 9.85. The average Bonchev–Trinajstić information content (AvgIpc) is 4.36. The Balaban J connectivity index is 0.688. The number of hydrogen-bond acceptors (Lipinski definition) is 15. The Morgan fingerprint density at radius 3 is 2.09 bits per heavy atom. The quantitative estimate of drug-likeness (QED) is 0.0319. The third-order valence-electron chi connectivity index (χ3n) is 14.4. The van der Waals surface area contributed by atoms with Crippen LogP contribution in [0.4, 0.5) is 16.3 Å². The summed E-state index contributed by atoms with van der Waals surface area (Å²) in [7, 11) is 0. The largest absolute Gasteiger partial charge is 0.391 e. The van der Waals surface area contributed by atoms with E-state index in [1.54, 1.807) is 23.6 Å². The summed E-state index contributed by atoms with van der Waals surface area (Å²) in [5, 5.41) is 36.6. The normalized spacial score (nSPS) is 17.4. The molecule has 8 rings (SSSR count). The van der Waals surface area contributed by atoms with Crippen molar-refractivity contribution in [3.05, 3.63) is 137 Å². The summed E-state index contributed by atoms with van der Waals surface area (Å²) in [5.74, 6) is -0.574. The second kappa shape index (κ2) is 29.9. The Morgan fingerprint density at radius 2 is 1.44 bits per heavy atom. The molecule has 3 atom stereocenters. The summed E-state index contributed by atoms with van der Waals surface area (Å²) in [5.41, 5.74) is 8.29. The molecule has 1 aliphatic carbocycles. The number of nitrogens with one attached hydrogen (secondary N) is 4. The molecule has 5 N–H and O–H groups in total. The maximum atomic E-state index is 14.0. The van der Waals surface area contributed by atoms with Gasteiger partial charge in [0.05, 0.1) is 86.7 Å². The van der Waals surface area contributed by atoms with E-state index in [1.165, 1.54) is 4.90 Å². The van der Waals surface area contributed by atoms with Crippen molar-refractivity contribution in [2.75, 3.05) is 69.6 Å². The van der Waals surface area contributed by atoms with Crippen LogP contribution in [0.5, 0.6) is 0 Å². The highest BCUT2D eigenvalue weighted by atomic mass is 32.1. The van der Waals surface area contributed by atoms with Gasteiger partial charge in [-0.3, -0.25) is 24.0 Å². The fourth-order valence-electron chi connectivity index (χ4n) is 10.0. The molecule has 21 heteroatoms. The minimum absolute atomic E-state index is 0.00426. The van der Waals surface area contributed by atoms with Gasteiger partial charge >= 0.3 is 6.03 Å². The molecule has 5 amide bonds. The molecule has 1 saturated heterocycles. The minimum atomic E-state index is -0.974. The second-order valence-corrected chi connectivity index (χ2v) is 22.4. The van der Waals surface area contributed by atoms with Gasteiger partial charge in [0.2, 0.25) is 17.7 Å². The van der Waals surface area contributed by atoms with Gasteiger partial charge in [0, 0.05) is 61.8 Å². The molecule has 3 aromatic heterocycles. The standard InChI is InChI=1S/C61H75N11O9S/c1-42-56(82-41-66-42)47-13-10-44(11-14-47)34-64-58(75)53-32-52(73)39-71(53)59(76)57(61(2,3)4)69-55(74)40-81-31-30-80-29-28-79-27-26-78-25-24-70-38-48(37-67-70)46-15-19-50(20-16-46)72(60(77)65-35-43-8-6-5-7-9-43)51-21-17-49(18-22-51)68-54-23-12-45(33-62)36-63-54/h5-16,19-20,23,36-38,41,49,51-53,57,73H,17-18,21-22,24-32,34-35,39-40H2,1-4H3,(H,63,68)(H,64,75)(H,65,77)(H,69,74)/t49?,51?,52-,53+,57-/m1/s1. The molecule has 0 unspecified atom stereocenters. The van der Waals surface area contributed by atoms with Crippen LogP contribution < -0.4 is 26.2 Å². The topological polar surface area (TPSA) is 247 Å². The zero-order valence-electron chi connectivity index (χ0n) is 47.1. The van der Waals surface area contributed by atoms with Gasteiger partial charge < -0.3 is 50.2 Å². The number of aliphatic hydroxyl groups is 1. The monoisotopic (exact) mass is 1140 g/mol. The van der Waals surface area contributed by atoms with Crippen molar-refractivity contribution < 1.29 is 43.2 Å². The Labute approximate surface area is 483 Å². The van der Waals surface area contributed by atoms with E-state index in [0.717, 1.165) is 75.6 Å². The lowest BCUT2D eigenvalue weighted by Crippen LogP contribution is -2.58. The Hall–Kier alpha value is -7.58. The smallest absolute Gasteiger partial charge is 0.322 e. The number of nitrogens with zero attached hydrogens (tertiary/aromatic N) is 7. The van der Waals surface area contributed by atoms with Gasteiger partial charge in [0.15, 0.2) is 0 Å². The van der Waals surface area contributed by atoms with E-state index in [1.807, 2.05) is 140 Å². The molecular weight excluding hydrogens is 1060 g/mol. The Morgan fingerprint density at radius 1 is 0.780 bits per heavy atom. The number of likely N-dealkylation sites (tertiary alicyclic amines) is 1. The molecule has 434 valence electrons. The molecule has 6 aromatic rings. The molecule has 82 heavy (non-hydrogen) atoms. The third-order valence-corrected chi connectivity index (χ3v) is 15.4. The predicted molar refractivity (Wildman–Crippen MR) is 312 cm³/mol. The summed E-state index contributed by atoms with van der Waals surface area (Å²) in [4.78, 5) is 67.5. The van der Waals surface area contributed by atoms with Gasteiger partial charge in [0.1, 0.15) is 30.6 Å². The van der Waals surface area contributed by atoms with E-state index in [2.05, 4.69) is 42.4 Å². The number of aryl methyl sites for hydroxylation is 1. The van der Waals surface area contributed by atoms with E-state index in [-0.39, 0.29) is 63.4 Å². The number of nitriles is 1.